The first kappa shape index (κ1) is 14.7. The summed E-state index contributed by atoms with van der Waals surface area (Å²) < 4.78 is 0. The van der Waals surface area contributed by atoms with Gasteiger partial charge in [-0.15, -0.1) is 0 Å². The van der Waals surface area contributed by atoms with Crippen LogP contribution in [-0.2, 0) is 4.79 Å². The zero-order valence-corrected chi connectivity index (χ0v) is 12.4. The molecule has 4 nitrogen and oxygen atoms in total. The van der Waals surface area contributed by atoms with Crippen molar-refractivity contribution >= 4 is 11.7 Å². The third-order valence-corrected chi connectivity index (χ3v) is 3.82. The smallest absolute Gasteiger partial charge is 0.295 e. The van der Waals surface area contributed by atoms with Crippen LogP contribution in [-0.4, -0.2) is 54.7 Å². The zero-order valence-electron chi connectivity index (χ0n) is 12.4. The van der Waals surface area contributed by atoms with Gasteiger partial charge in [0.2, 0.25) is 5.78 Å². The molecule has 0 bridgehead atoms. The Balaban J connectivity index is 2.05. The van der Waals surface area contributed by atoms with Gasteiger partial charge in [-0.05, 0) is 18.5 Å². The number of ketones is 1. The fourth-order valence-electron chi connectivity index (χ4n) is 2.30. The van der Waals surface area contributed by atoms with Crippen molar-refractivity contribution in [2.45, 2.75) is 19.8 Å². The van der Waals surface area contributed by atoms with Crippen LogP contribution in [0.4, 0.5) is 0 Å². The van der Waals surface area contributed by atoms with Gasteiger partial charge in [0, 0.05) is 31.7 Å². The quantitative estimate of drug-likeness (QED) is 0.623. The highest BCUT2D eigenvalue weighted by Crippen LogP contribution is 2.15. The van der Waals surface area contributed by atoms with Gasteiger partial charge in [0.05, 0.1) is 0 Å². The molecule has 0 N–H and O–H groups in total. The lowest BCUT2D eigenvalue weighted by atomic mass is 10.00. The fourth-order valence-corrected chi connectivity index (χ4v) is 2.30. The summed E-state index contributed by atoms with van der Waals surface area (Å²) in [6.45, 7) is 7.12. The SMILES string of the molecule is CC(C)c1ccc(C(=O)C(=O)N2CCN(C)CC2)cc1. The Morgan fingerprint density at radius 1 is 1.00 bits per heavy atom. The molecule has 1 fully saturated rings. The van der Waals surface area contributed by atoms with Gasteiger partial charge >= 0.3 is 0 Å². The molecular formula is C16H22N2O2. The van der Waals surface area contributed by atoms with Crippen LogP contribution in [0.15, 0.2) is 24.3 Å². The summed E-state index contributed by atoms with van der Waals surface area (Å²) in [5.41, 5.74) is 1.66. The number of benzene rings is 1. The maximum Gasteiger partial charge on any atom is 0.295 e. The van der Waals surface area contributed by atoms with Crippen molar-refractivity contribution in [3.05, 3.63) is 35.4 Å². The lowest BCUT2D eigenvalue weighted by Gasteiger charge is -2.31. The molecule has 1 aromatic carbocycles. The highest BCUT2D eigenvalue weighted by atomic mass is 16.2. The van der Waals surface area contributed by atoms with Crippen LogP contribution in [0, 0.1) is 0 Å². The van der Waals surface area contributed by atoms with E-state index >= 15 is 0 Å². The molecule has 1 saturated heterocycles. The minimum Gasteiger partial charge on any atom is -0.333 e. The minimum atomic E-state index is -0.398. The van der Waals surface area contributed by atoms with Gasteiger partial charge in [0.15, 0.2) is 0 Å². The van der Waals surface area contributed by atoms with Gasteiger partial charge in [0.1, 0.15) is 0 Å². The highest BCUT2D eigenvalue weighted by Gasteiger charge is 2.25. The molecule has 1 aromatic rings. The normalized spacial score (nSPS) is 16.5. The van der Waals surface area contributed by atoms with Crippen molar-refractivity contribution in [2.24, 2.45) is 0 Å². The van der Waals surface area contributed by atoms with Crippen LogP contribution >= 0.6 is 0 Å². The van der Waals surface area contributed by atoms with Gasteiger partial charge in [-0.3, -0.25) is 9.59 Å². The molecule has 1 aliphatic heterocycles. The lowest BCUT2D eigenvalue weighted by Crippen LogP contribution is -2.49. The molecule has 20 heavy (non-hydrogen) atoms. The minimum absolute atomic E-state index is 0.379. The summed E-state index contributed by atoms with van der Waals surface area (Å²) >= 11 is 0. The molecule has 108 valence electrons. The molecule has 0 spiro atoms. The van der Waals surface area contributed by atoms with Crippen molar-refractivity contribution in [1.29, 1.82) is 0 Å². The summed E-state index contributed by atoms with van der Waals surface area (Å²) in [6.07, 6.45) is 0. The van der Waals surface area contributed by atoms with Crippen LogP contribution in [0.5, 0.6) is 0 Å². The molecule has 0 radical (unpaired) electrons. The Kier molecular flexibility index (Phi) is 4.55. The van der Waals surface area contributed by atoms with E-state index in [0.717, 1.165) is 13.1 Å². The van der Waals surface area contributed by atoms with E-state index in [1.165, 1.54) is 5.56 Å². The molecule has 0 aromatic heterocycles. The molecule has 1 amide bonds. The molecular weight excluding hydrogens is 252 g/mol. The fraction of sp³-hybridized carbons (Fsp3) is 0.500. The molecule has 0 atom stereocenters. The second kappa shape index (κ2) is 6.18. The summed E-state index contributed by atoms with van der Waals surface area (Å²) in [5.74, 6) is -0.354. The summed E-state index contributed by atoms with van der Waals surface area (Å²) in [4.78, 5) is 28.2. The number of hydrogen-bond acceptors (Lipinski definition) is 3. The van der Waals surface area contributed by atoms with Crippen molar-refractivity contribution in [3.63, 3.8) is 0 Å². The van der Waals surface area contributed by atoms with E-state index in [4.69, 9.17) is 0 Å². The first-order valence-electron chi connectivity index (χ1n) is 7.11. The number of carbonyl (C=O) groups excluding carboxylic acids is 2. The number of carbonyl (C=O) groups is 2. The Morgan fingerprint density at radius 3 is 2.05 bits per heavy atom. The van der Waals surface area contributed by atoms with Crippen LogP contribution < -0.4 is 0 Å². The van der Waals surface area contributed by atoms with Gasteiger partial charge < -0.3 is 9.80 Å². The summed E-state index contributed by atoms with van der Waals surface area (Å²) in [7, 11) is 2.02. The number of hydrogen-bond donors (Lipinski definition) is 0. The van der Waals surface area contributed by atoms with Crippen molar-refractivity contribution < 1.29 is 9.59 Å². The second-order valence-electron chi connectivity index (χ2n) is 5.70. The highest BCUT2D eigenvalue weighted by molar-refractivity contribution is 6.42. The first-order valence-corrected chi connectivity index (χ1v) is 7.11. The van der Waals surface area contributed by atoms with Crippen LogP contribution in [0.25, 0.3) is 0 Å². The van der Waals surface area contributed by atoms with E-state index in [0.29, 0.717) is 24.6 Å². The monoisotopic (exact) mass is 274 g/mol. The average Bonchev–Trinajstić information content (AvgIpc) is 2.46. The summed E-state index contributed by atoms with van der Waals surface area (Å²) in [6, 6.07) is 7.36. The number of nitrogens with zero attached hydrogens (tertiary/aromatic N) is 2. The number of Topliss-reactive ketones (excluding diaryl/α,β-unsaturated/α-hetero) is 1. The van der Waals surface area contributed by atoms with Crippen molar-refractivity contribution in [3.8, 4) is 0 Å². The van der Waals surface area contributed by atoms with Crippen LogP contribution in [0.3, 0.4) is 0 Å². The maximum absolute atomic E-state index is 12.2. The van der Waals surface area contributed by atoms with Crippen molar-refractivity contribution in [2.75, 3.05) is 33.2 Å². The predicted octanol–water partition coefficient (Wildman–Crippen LogP) is 1.77. The maximum atomic E-state index is 12.2. The molecule has 0 aliphatic carbocycles. The third kappa shape index (κ3) is 3.25. The molecule has 4 heteroatoms. The second-order valence-corrected chi connectivity index (χ2v) is 5.70. The number of likely N-dealkylation sites (N-methyl/N-ethyl adjacent to an activating group) is 1. The molecule has 2 rings (SSSR count). The average molecular weight is 274 g/mol. The van der Waals surface area contributed by atoms with E-state index in [-0.39, 0.29) is 5.91 Å². The summed E-state index contributed by atoms with van der Waals surface area (Å²) in [5, 5.41) is 0. The number of amides is 1. The predicted molar refractivity (Wildman–Crippen MR) is 78.9 cm³/mol. The number of rotatable bonds is 3. The zero-order chi connectivity index (χ0) is 14.7. The Morgan fingerprint density at radius 2 is 1.55 bits per heavy atom. The van der Waals surface area contributed by atoms with Crippen LogP contribution in [0.2, 0.25) is 0 Å². The van der Waals surface area contributed by atoms with Crippen molar-refractivity contribution in [1.82, 2.24) is 9.80 Å². The molecule has 0 saturated carbocycles. The van der Waals surface area contributed by atoms with E-state index in [9.17, 15) is 9.59 Å². The Hall–Kier alpha value is -1.68. The van der Waals surface area contributed by atoms with Gasteiger partial charge in [-0.1, -0.05) is 38.1 Å². The Bertz CT molecular complexity index is 486. The lowest BCUT2D eigenvalue weighted by molar-refractivity contribution is -0.127. The van der Waals surface area contributed by atoms with Gasteiger partial charge in [-0.2, -0.15) is 0 Å². The third-order valence-electron chi connectivity index (χ3n) is 3.82. The van der Waals surface area contributed by atoms with Crippen LogP contribution in [0.1, 0.15) is 35.7 Å². The van der Waals surface area contributed by atoms with E-state index in [1.807, 2.05) is 19.2 Å². The number of piperazine rings is 1. The van der Waals surface area contributed by atoms with E-state index < -0.39 is 5.78 Å². The Labute approximate surface area is 120 Å². The molecule has 0 unspecified atom stereocenters. The van der Waals surface area contributed by atoms with Gasteiger partial charge in [0.25, 0.3) is 5.91 Å². The van der Waals surface area contributed by atoms with E-state index in [2.05, 4.69) is 18.7 Å². The first-order chi connectivity index (χ1) is 9.49. The topological polar surface area (TPSA) is 40.6 Å². The largest absolute Gasteiger partial charge is 0.333 e. The molecule has 1 heterocycles. The standard InChI is InChI=1S/C16H22N2O2/c1-12(2)13-4-6-14(7-5-13)15(19)16(20)18-10-8-17(3)9-11-18/h4-7,12H,8-11H2,1-3H3. The van der Waals surface area contributed by atoms with Gasteiger partial charge in [-0.25, -0.2) is 0 Å². The van der Waals surface area contributed by atoms with E-state index in [1.54, 1.807) is 17.0 Å². The molecule has 1 aliphatic rings.